The van der Waals surface area contributed by atoms with Crippen molar-refractivity contribution >= 4 is 0 Å². The molecule has 0 aliphatic carbocycles. The lowest BCUT2D eigenvalue weighted by Gasteiger charge is -2.34. The van der Waals surface area contributed by atoms with Crippen LogP contribution in [0.25, 0.3) is 11.1 Å². The Morgan fingerprint density at radius 3 is 2.60 bits per heavy atom. The molecule has 2 N–H and O–H groups in total. The van der Waals surface area contributed by atoms with Gasteiger partial charge in [-0.3, -0.25) is 4.90 Å². The second-order valence-electron chi connectivity index (χ2n) is 7.53. The van der Waals surface area contributed by atoms with Gasteiger partial charge in [0, 0.05) is 25.7 Å². The molecule has 1 saturated heterocycles. The van der Waals surface area contributed by atoms with E-state index in [1.165, 1.54) is 6.07 Å². The van der Waals surface area contributed by atoms with E-state index in [1.807, 2.05) is 50.2 Å². The molecule has 1 aliphatic heterocycles. The van der Waals surface area contributed by atoms with E-state index in [0.717, 1.165) is 36.2 Å². The zero-order valence-corrected chi connectivity index (χ0v) is 15.0. The molecule has 2 aromatic carbocycles. The van der Waals surface area contributed by atoms with Gasteiger partial charge in [-0.2, -0.15) is 0 Å². The Balaban J connectivity index is 1.92. The lowest BCUT2D eigenvalue weighted by Crippen LogP contribution is -2.45. The lowest BCUT2D eigenvalue weighted by molar-refractivity contribution is 0.0200. The molecule has 134 valence electrons. The molecular formula is C21H27FN2O. The van der Waals surface area contributed by atoms with E-state index in [2.05, 4.69) is 10.2 Å². The van der Waals surface area contributed by atoms with Crippen LogP contribution in [0.4, 0.5) is 4.39 Å². The van der Waals surface area contributed by atoms with Crippen molar-refractivity contribution in [1.82, 2.24) is 10.2 Å². The second-order valence-corrected chi connectivity index (χ2v) is 7.53. The molecule has 0 spiro atoms. The first kappa shape index (κ1) is 18.1. The first-order chi connectivity index (χ1) is 11.9. The highest BCUT2D eigenvalue weighted by molar-refractivity contribution is 5.67. The van der Waals surface area contributed by atoms with Crippen molar-refractivity contribution in [2.45, 2.75) is 38.5 Å². The number of hydrogen-bond acceptors (Lipinski definition) is 3. The molecule has 4 heteroatoms. The zero-order valence-electron chi connectivity index (χ0n) is 15.0. The minimum absolute atomic E-state index is 0.220. The van der Waals surface area contributed by atoms with Crippen LogP contribution in [0.1, 0.15) is 25.8 Å². The molecule has 1 aliphatic rings. The minimum Gasteiger partial charge on any atom is -0.389 e. The SMILES string of the molecule is CC(C)(O)CN(Cc1cc(F)ccc1-c1ccccc1)[C@H]1CCNC1. The number of aliphatic hydroxyl groups is 1. The Morgan fingerprint density at radius 1 is 1.20 bits per heavy atom. The number of halogens is 1. The van der Waals surface area contributed by atoms with Crippen LogP contribution in [-0.4, -0.2) is 41.3 Å². The summed E-state index contributed by atoms with van der Waals surface area (Å²) < 4.78 is 13.9. The third-order valence-corrected chi connectivity index (χ3v) is 4.67. The molecule has 0 unspecified atom stereocenters. The first-order valence-electron chi connectivity index (χ1n) is 8.93. The summed E-state index contributed by atoms with van der Waals surface area (Å²) >= 11 is 0. The van der Waals surface area contributed by atoms with Gasteiger partial charge in [0.1, 0.15) is 5.82 Å². The van der Waals surface area contributed by atoms with Crippen LogP contribution in [0.5, 0.6) is 0 Å². The summed E-state index contributed by atoms with van der Waals surface area (Å²) in [7, 11) is 0. The highest BCUT2D eigenvalue weighted by atomic mass is 19.1. The van der Waals surface area contributed by atoms with Crippen molar-refractivity contribution in [3.05, 3.63) is 59.9 Å². The number of hydrogen-bond donors (Lipinski definition) is 2. The second kappa shape index (κ2) is 7.65. The summed E-state index contributed by atoms with van der Waals surface area (Å²) in [5.41, 5.74) is 2.31. The largest absolute Gasteiger partial charge is 0.389 e. The number of nitrogens with one attached hydrogen (secondary N) is 1. The van der Waals surface area contributed by atoms with Crippen molar-refractivity contribution in [2.24, 2.45) is 0 Å². The smallest absolute Gasteiger partial charge is 0.123 e. The molecule has 0 aromatic heterocycles. The average molecular weight is 342 g/mol. The van der Waals surface area contributed by atoms with Crippen molar-refractivity contribution in [2.75, 3.05) is 19.6 Å². The van der Waals surface area contributed by atoms with Gasteiger partial charge in [0.25, 0.3) is 0 Å². The van der Waals surface area contributed by atoms with E-state index in [4.69, 9.17) is 0 Å². The zero-order chi connectivity index (χ0) is 17.9. The Labute approximate surface area is 149 Å². The van der Waals surface area contributed by atoms with E-state index in [-0.39, 0.29) is 5.82 Å². The van der Waals surface area contributed by atoms with E-state index in [0.29, 0.717) is 19.1 Å². The monoisotopic (exact) mass is 342 g/mol. The third-order valence-electron chi connectivity index (χ3n) is 4.67. The van der Waals surface area contributed by atoms with Gasteiger partial charge in [-0.15, -0.1) is 0 Å². The van der Waals surface area contributed by atoms with Crippen molar-refractivity contribution in [3.8, 4) is 11.1 Å². The molecular weight excluding hydrogens is 315 g/mol. The molecule has 3 nitrogen and oxygen atoms in total. The Bertz CT molecular complexity index is 691. The van der Waals surface area contributed by atoms with Crippen LogP contribution in [-0.2, 0) is 6.54 Å². The topological polar surface area (TPSA) is 35.5 Å². The van der Waals surface area contributed by atoms with E-state index in [9.17, 15) is 9.50 Å². The average Bonchev–Trinajstić information content (AvgIpc) is 3.08. The van der Waals surface area contributed by atoms with Crippen LogP contribution in [0.2, 0.25) is 0 Å². The molecule has 0 saturated carbocycles. The fourth-order valence-corrected chi connectivity index (χ4v) is 3.57. The van der Waals surface area contributed by atoms with Gasteiger partial charge < -0.3 is 10.4 Å². The van der Waals surface area contributed by atoms with Crippen molar-refractivity contribution in [1.29, 1.82) is 0 Å². The third kappa shape index (κ3) is 4.88. The molecule has 2 aromatic rings. The van der Waals surface area contributed by atoms with Crippen LogP contribution < -0.4 is 5.32 Å². The van der Waals surface area contributed by atoms with Gasteiger partial charge in [0.05, 0.1) is 5.60 Å². The maximum Gasteiger partial charge on any atom is 0.123 e. The van der Waals surface area contributed by atoms with E-state index < -0.39 is 5.60 Å². The Morgan fingerprint density at radius 2 is 1.96 bits per heavy atom. The fraction of sp³-hybridized carbons (Fsp3) is 0.429. The summed E-state index contributed by atoms with van der Waals surface area (Å²) in [6.07, 6.45) is 1.05. The van der Waals surface area contributed by atoms with Gasteiger partial charge in [-0.1, -0.05) is 36.4 Å². The molecule has 1 heterocycles. The van der Waals surface area contributed by atoms with Crippen LogP contribution >= 0.6 is 0 Å². The van der Waals surface area contributed by atoms with Gasteiger partial charge in [-0.05, 0) is 55.6 Å². The van der Waals surface area contributed by atoms with Gasteiger partial charge >= 0.3 is 0 Å². The van der Waals surface area contributed by atoms with Gasteiger partial charge in [0.2, 0.25) is 0 Å². The Hall–Kier alpha value is -1.75. The minimum atomic E-state index is -0.789. The molecule has 0 bridgehead atoms. The Kier molecular flexibility index (Phi) is 5.52. The summed E-state index contributed by atoms with van der Waals surface area (Å²) in [4.78, 5) is 2.28. The molecule has 0 amide bonds. The standard InChI is InChI=1S/C21H27FN2O/c1-21(2,25)15-24(19-10-11-23-13-19)14-17-12-18(22)8-9-20(17)16-6-4-3-5-7-16/h3-9,12,19,23,25H,10-11,13-15H2,1-2H3/t19-/m0/s1. The van der Waals surface area contributed by atoms with Crippen molar-refractivity contribution < 1.29 is 9.50 Å². The normalized spacial score (nSPS) is 18.0. The molecule has 1 atom stereocenters. The first-order valence-corrected chi connectivity index (χ1v) is 8.93. The highest BCUT2D eigenvalue weighted by Gasteiger charge is 2.28. The van der Waals surface area contributed by atoms with Crippen LogP contribution in [0.3, 0.4) is 0 Å². The maximum absolute atomic E-state index is 13.9. The number of rotatable bonds is 6. The molecule has 3 rings (SSSR count). The van der Waals surface area contributed by atoms with Crippen LogP contribution in [0, 0.1) is 5.82 Å². The lowest BCUT2D eigenvalue weighted by atomic mass is 9.98. The summed E-state index contributed by atoms with van der Waals surface area (Å²) in [6, 6.07) is 15.4. The molecule has 1 fully saturated rings. The fourth-order valence-electron chi connectivity index (χ4n) is 3.57. The molecule has 25 heavy (non-hydrogen) atoms. The summed E-state index contributed by atoms with van der Waals surface area (Å²) in [5.74, 6) is -0.220. The van der Waals surface area contributed by atoms with Crippen molar-refractivity contribution in [3.63, 3.8) is 0 Å². The van der Waals surface area contributed by atoms with E-state index >= 15 is 0 Å². The van der Waals surface area contributed by atoms with Crippen LogP contribution in [0.15, 0.2) is 48.5 Å². The van der Waals surface area contributed by atoms with Gasteiger partial charge in [0.15, 0.2) is 0 Å². The number of benzene rings is 2. The number of nitrogens with zero attached hydrogens (tertiary/aromatic N) is 1. The maximum atomic E-state index is 13.9. The predicted octanol–water partition coefficient (Wildman–Crippen LogP) is 3.43. The quantitative estimate of drug-likeness (QED) is 0.844. The summed E-state index contributed by atoms with van der Waals surface area (Å²) in [5, 5.41) is 13.7. The predicted molar refractivity (Wildman–Crippen MR) is 99.8 cm³/mol. The van der Waals surface area contributed by atoms with E-state index in [1.54, 1.807) is 6.07 Å². The molecule has 0 radical (unpaired) electrons. The highest BCUT2D eigenvalue weighted by Crippen LogP contribution is 2.27. The summed E-state index contributed by atoms with van der Waals surface area (Å²) in [6.45, 7) is 6.73. The van der Waals surface area contributed by atoms with Gasteiger partial charge in [-0.25, -0.2) is 4.39 Å².